The summed E-state index contributed by atoms with van der Waals surface area (Å²) in [5.74, 6) is 0.940. The molecule has 0 N–H and O–H groups in total. The number of halogens is 1. The van der Waals surface area contributed by atoms with Gasteiger partial charge in [0.25, 0.3) is 0 Å². The molecule has 0 aromatic heterocycles. The molecule has 0 heterocycles. The molecule has 0 amide bonds. The van der Waals surface area contributed by atoms with E-state index in [2.05, 4.69) is 6.92 Å². The van der Waals surface area contributed by atoms with Crippen LogP contribution >= 0.6 is 11.6 Å². The lowest BCUT2D eigenvalue weighted by molar-refractivity contribution is 0.103. The van der Waals surface area contributed by atoms with Gasteiger partial charge in [-0.2, -0.15) is 0 Å². The molecule has 0 saturated carbocycles. The van der Waals surface area contributed by atoms with E-state index in [1.807, 2.05) is 73.7 Å². The Morgan fingerprint density at radius 1 is 0.917 bits per heavy atom. The van der Waals surface area contributed by atoms with Gasteiger partial charge in [-0.15, -0.1) is 11.6 Å². The zero-order chi connectivity index (χ0) is 17.6. The minimum Gasteiger partial charge on any atom is -0.289 e. The summed E-state index contributed by atoms with van der Waals surface area (Å²) in [5, 5.41) is 0. The van der Waals surface area contributed by atoms with Gasteiger partial charge in [0.15, 0.2) is 5.78 Å². The van der Waals surface area contributed by atoms with Gasteiger partial charge in [-0.05, 0) is 24.5 Å². The molecule has 0 radical (unpaired) electrons. The van der Waals surface area contributed by atoms with Crippen LogP contribution in [0.5, 0.6) is 0 Å². The van der Waals surface area contributed by atoms with Crippen molar-refractivity contribution in [1.29, 1.82) is 0 Å². The van der Waals surface area contributed by atoms with E-state index in [1.165, 1.54) is 19.3 Å². The van der Waals surface area contributed by atoms with E-state index in [9.17, 15) is 4.79 Å². The molecule has 2 rings (SSSR count). The van der Waals surface area contributed by atoms with Crippen molar-refractivity contribution in [3.63, 3.8) is 0 Å². The van der Waals surface area contributed by atoms with E-state index >= 15 is 0 Å². The Bertz CT molecular complexity index is 598. The van der Waals surface area contributed by atoms with Crippen LogP contribution in [0.3, 0.4) is 0 Å². The number of carbonyl (C=O) groups excluding carboxylic acids is 1. The van der Waals surface area contributed by atoms with E-state index in [0.29, 0.717) is 0 Å². The van der Waals surface area contributed by atoms with E-state index in [4.69, 9.17) is 11.6 Å². The van der Waals surface area contributed by atoms with Gasteiger partial charge in [0.2, 0.25) is 0 Å². The third kappa shape index (κ3) is 7.61. The van der Waals surface area contributed by atoms with Crippen molar-refractivity contribution in [1.82, 2.24) is 0 Å². The molecule has 0 atom stereocenters. The van der Waals surface area contributed by atoms with Crippen LogP contribution in [0.1, 0.15) is 55.5 Å². The SMILES string of the molecule is CCC(=Cc1ccccc1)C(=O)c1ccccc1.CCCCCCl. The van der Waals surface area contributed by atoms with E-state index in [1.54, 1.807) is 0 Å². The molecule has 2 heteroatoms. The first-order valence-corrected chi connectivity index (χ1v) is 9.17. The number of rotatable bonds is 7. The first-order valence-electron chi connectivity index (χ1n) is 8.64. The number of allylic oxidation sites excluding steroid dienone is 1. The normalized spacial score (nSPS) is 10.7. The fourth-order valence-corrected chi connectivity index (χ4v) is 2.39. The van der Waals surface area contributed by atoms with Gasteiger partial charge in [-0.25, -0.2) is 0 Å². The van der Waals surface area contributed by atoms with Gasteiger partial charge in [0, 0.05) is 17.0 Å². The van der Waals surface area contributed by atoms with Crippen molar-refractivity contribution >= 4 is 23.5 Å². The van der Waals surface area contributed by atoms with E-state index in [0.717, 1.165) is 29.0 Å². The van der Waals surface area contributed by atoms with Crippen molar-refractivity contribution in [2.45, 2.75) is 39.5 Å². The third-order valence-corrected chi connectivity index (χ3v) is 3.85. The minimum absolute atomic E-state index is 0.113. The fourth-order valence-electron chi connectivity index (χ4n) is 2.20. The highest BCUT2D eigenvalue weighted by Gasteiger charge is 2.09. The molecular formula is C22H27ClO. The second kappa shape index (κ2) is 12.5. The molecule has 24 heavy (non-hydrogen) atoms. The summed E-state index contributed by atoms with van der Waals surface area (Å²) in [4.78, 5) is 12.3. The summed E-state index contributed by atoms with van der Waals surface area (Å²) < 4.78 is 0. The Kier molecular flexibility index (Phi) is 10.6. The van der Waals surface area contributed by atoms with Crippen molar-refractivity contribution in [3.8, 4) is 0 Å². The van der Waals surface area contributed by atoms with Gasteiger partial charge in [0.1, 0.15) is 0 Å². The highest BCUT2D eigenvalue weighted by Crippen LogP contribution is 2.15. The quantitative estimate of drug-likeness (QED) is 0.234. The summed E-state index contributed by atoms with van der Waals surface area (Å²) in [6, 6.07) is 19.4. The largest absolute Gasteiger partial charge is 0.289 e. The first kappa shape index (κ1) is 20.2. The Labute approximate surface area is 151 Å². The van der Waals surface area contributed by atoms with Crippen molar-refractivity contribution < 1.29 is 4.79 Å². The summed E-state index contributed by atoms with van der Waals surface area (Å²) in [5.41, 5.74) is 2.66. The fraction of sp³-hybridized carbons (Fsp3) is 0.318. The Balaban J connectivity index is 0.000000413. The molecule has 128 valence electrons. The summed E-state index contributed by atoms with van der Waals surface area (Å²) >= 11 is 5.38. The molecule has 2 aromatic rings. The van der Waals surface area contributed by atoms with Gasteiger partial charge in [-0.3, -0.25) is 4.79 Å². The standard InChI is InChI=1S/C17H16O.C5H11Cl/c1-2-15(13-14-9-5-3-6-10-14)17(18)16-11-7-4-8-12-16;1-2-3-4-5-6/h3-13H,2H2,1H3;2-5H2,1H3. The number of ketones is 1. The number of carbonyl (C=O) groups is 1. The summed E-state index contributed by atoms with van der Waals surface area (Å²) in [7, 11) is 0. The molecule has 0 bridgehead atoms. The second-order valence-corrected chi connectivity index (χ2v) is 5.90. The number of Topliss-reactive ketones (excluding diaryl/α,β-unsaturated/α-hetero) is 1. The predicted octanol–water partition coefficient (Wildman–Crippen LogP) is 6.78. The Morgan fingerprint density at radius 3 is 1.96 bits per heavy atom. The Hall–Kier alpha value is -1.86. The molecule has 0 spiro atoms. The average molecular weight is 343 g/mol. The molecule has 0 fully saturated rings. The summed E-state index contributed by atoms with van der Waals surface area (Å²) in [6.45, 7) is 4.18. The third-order valence-electron chi connectivity index (χ3n) is 3.59. The zero-order valence-corrected chi connectivity index (χ0v) is 15.4. The van der Waals surface area contributed by atoms with Crippen LogP contribution in [-0.4, -0.2) is 11.7 Å². The van der Waals surface area contributed by atoms with Crippen LogP contribution in [0.15, 0.2) is 66.2 Å². The second-order valence-electron chi connectivity index (χ2n) is 5.53. The molecule has 1 nitrogen and oxygen atoms in total. The molecular weight excluding hydrogens is 316 g/mol. The highest BCUT2D eigenvalue weighted by molar-refractivity contribution is 6.17. The van der Waals surface area contributed by atoms with Crippen LogP contribution in [0.4, 0.5) is 0 Å². The number of unbranched alkanes of at least 4 members (excludes halogenated alkanes) is 2. The number of hydrogen-bond acceptors (Lipinski definition) is 1. The minimum atomic E-state index is 0.113. The monoisotopic (exact) mass is 342 g/mol. The lowest BCUT2D eigenvalue weighted by atomic mass is 9.99. The lowest BCUT2D eigenvalue weighted by Gasteiger charge is -2.04. The first-order chi connectivity index (χ1) is 11.7. The van der Waals surface area contributed by atoms with Crippen LogP contribution in [-0.2, 0) is 0 Å². The highest BCUT2D eigenvalue weighted by atomic mass is 35.5. The molecule has 2 aromatic carbocycles. The number of hydrogen-bond donors (Lipinski definition) is 0. The molecule has 0 aliphatic rings. The zero-order valence-electron chi connectivity index (χ0n) is 14.7. The van der Waals surface area contributed by atoms with Crippen LogP contribution in [0.2, 0.25) is 0 Å². The molecule has 0 aliphatic carbocycles. The lowest BCUT2D eigenvalue weighted by Crippen LogP contribution is -2.02. The van der Waals surface area contributed by atoms with Crippen LogP contribution in [0, 0.1) is 0 Å². The van der Waals surface area contributed by atoms with E-state index in [-0.39, 0.29) is 5.78 Å². The van der Waals surface area contributed by atoms with Gasteiger partial charge >= 0.3 is 0 Å². The molecule has 0 saturated heterocycles. The van der Waals surface area contributed by atoms with Crippen LogP contribution in [0.25, 0.3) is 6.08 Å². The summed E-state index contributed by atoms with van der Waals surface area (Å²) in [6.07, 6.45) is 6.44. The van der Waals surface area contributed by atoms with Gasteiger partial charge < -0.3 is 0 Å². The smallest absolute Gasteiger partial charge is 0.189 e. The maximum Gasteiger partial charge on any atom is 0.189 e. The average Bonchev–Trinajstić information content (AvgIpc) is 2.66. The topological polar surface area (TPSA) is 17.1 Å². The maximum absolute atomic E-state index is 12.3. The van der Waals surface area contributed by atoms with Crippen molar-refractivity contribution in [3.05, 3.63) is 77.4 Å². The van der Waals surface area contributed by atoms with Gasteiger partial charge in [-0.1, -0.05) is 87.4 Å². The van der Waals surface area contributed by atoms with Crippen molar-refractivity contribution in [2.75, 3.05) is 5.88 Å². The Morgan fingerprint density at radius 2 is 1.50 bits per heavy atom. The van der Waals surface area contributed by atoms with Crippen molar-refractivity contribution in [2.24, 2.45) is 0 Å². The van der Waals surface area contributed by atoms with E-state index < -0.39 is 0 Å². The maximum atomic E-state index is 12.3. The molecule has 0 unspecified atom stereocenters. The number of alkyl halides is 1. The van der Waals surface area contributed by atoms with Crippen LogP contribution < -0.4 is 0 Å². The molecule has 0 aliphatic heterocycles. The number of benzene rings is 2. The predicted molar refractivity (Wildman–Crippen MR) is 106 cm³/mol. The van der Waals surface area contributed by atoms with Gasteiger partial charge in [0.05, 0.1) is 0 Å².